The number of benzene rings is 1. The molecule has 2 N–H and O–H groups in total. The lowest BCUT2D eigenvalue weighted by Gasteiger charge is -2.09. The molecule has 1 aromatic carbocycles. The Hall–Kier alpha value is -1.13. The van der Waals surface area contributed by atoms with Gasteiger partial charge in [0.25, 0.3) is 0 Å². The summed E-state index contributed by atoms with van der Waals surface area (Å²) in [6.07, 6.45) is 1.78. The van der Waals surface area contributed by atoms with Crippen LogP contribution in [0.2, 0.25) is 0 Å². The van der Waals surface area contributed by atoms with Crippen molar-refractivity contribution >= 4 is 32.5 Å². The number of nitrogens with zero attached hydrogens (tertiary/aromatic N) is 1. The number of anilines is 1. The van der Waals surface area contributed by atoms with E-state index in [1.165, 1.54) is 5.56 Å². The molecular weight excluding hydrogens is 268 g/mol. The molecule has 0 aliphatic rings. The predicted molar refractivity (Wildman–Crippen MR) is 69.8 cm³/mol. The minimum atomic E-state index is 0.102. The molecule has 0 aliphatic carbocycles. The summed E-state index contributed by atoms with van der Waals surface area (Å²) < 4.78 is 0.983. The van der Waals surface area contributed by atoms with Crippen LogP contribution in [0.1, 0.15) is 5.56 Å². The van der Waals surface area contributed by atoms with E-state index < -0.39 is 0 Å². The number of hydrogen-bond acceptors (Lipinski definition) is 3. The Kier molecular flexibility index (Phi) is 3.41. The van der Waals surface area contributed by atoms with E-state index in [2.05, 4.69) is 51.4 Å². The minimum Gasteiger partial charge on any atom is -0.395 e. The number of nitrogens with one attached hydrogen (secondary N) is 1. The molecule has 84 valence electrons. The molecule has 0 unspecified atom stereocenters. The van der Waals surface area contributed by atoms with E-state index >= 15 is 0 Å². The van der Waals surface area contributed by atoms with Crippen LogP contribution in [0.5, 0.6) is 0 Å². The van der Waals surface area contributed by atoms with Crippen LogP contribution >= 0.6 is 15.9 Å². The average Bonchev–Trinajstić information content (AvgIpc) is 2.28. The van der Waals surface area contributed by atoms with Gasteiger partial charge < -0.3 is 10.4 Å². The van der Waals surface area contributed by atoms with Crippen LogP contribution in [0.4, 0.5) is 5.82 Å². The zero-order valence-electron chi connectivity index (χ0n) is 9.00. The summed E-state index contributed by atoms with van der Waals surface area (Å²) in [5.41, 5.74) is 1.19. The number of fused-ring (bicyclic) bond motifs is 1. The molecule has 4 heteroatoms. The summed E-state index contributed by atoms with van der Waals surface area (Å²) in [7, 11) is 0. The molecule has 0 amide bonds. The molecule has 0 saturated carbocycles. The molecule has 0 spiro atoms. The second-order valence-corrected chi connectivity index (χ2v) is 4.51. The summed E-state index contributed by atoms with van der Waals surface area (Å²) >= 11 is 3.48. The second kappa shape index (κ2) is 4.80. The Bertz CT molecular complexity index is 514. The Balaban J connectivity index is 2.56. The maximum atomic E-state index is 8.81. The Labute approximate surface area is 103 Å². The van der Waals surface area contributed by atoms with E-state index in [1.807, 2.05) is 0 Å². The van der Waals surface area contributed by atoms with Crippen molar-refractivity contribution in [3.63, 3.8) is 0 Å². The molecule has 1 heterocycles. The number of aliphatic hydroxyl groups is 1. The van der Waals surface area contributed by atoms with Crippen LogP contribution in [0.25, 0.3) is 10.8 Å². The van der Waals surface area contributed by atoms with Gasteiger partial charge in [0.1, 0.15) is 5.82 Å². The van der Waals surface area contributed by atoms with Crippen molar-refractivity contribution in [1.29, 1.82) is 0 Å². The van der Waals surface area contributed by atoms with Crippen molar-refractivity contribution in [1.82, 2.24) is 4.98 Å². The molecule has 0 aliphatic heterocycles. The van der Waals surface area contributed by atoms with Gasteiger partial charge in [0.15, 0.2) is 0 Å². The molecule has 0 atom stereocenters. The maximum Gasteiger partial charge on any atom is 0.133 e. The van der Waals surface area contributed by atoms with Gasteiger partial charge in [-0.25, -0.2) is 4.98 Å². The fourth-order valence-electron chi connectivity index (χ4n) is 1.64. The Morgan fingerprint density at radius 2 is 2.19 bits per heavy atom. The number of aryl methyl sites for hydroxylation is 1. The third-order valence-corrected chi connectivity index (χ3v) is 3.03. The maximum absolute atomic E-state index is 8.81. The van der Waals surface area contributed by atoms with E-state index in [9.17, 15) is 0 Å². The lowest BCUT2D eigenvalue weighted by Crippen LogP contribution is -2.07. The lowest BCUT2D eigenvalue weighted by atomic mass is 10.1. The molecule has 2 aromatic rings. The van der Waals surface area contributed by atoms with Gasteiger partial charge in [-0.05, 0) is 28.9 Å². The summed E-state index contributed by atoms with van der Waals surface area (Å²) in [6.45, 7) is 2.67. The molecule has 0 fully saturated rings. The highest BCUT2D eigenvalue weighted by Gasteiger charge is 2.05. The van der Waals surface area contributed by atoms with Gasteiger partial charge in [0.2, 0.25) is 0 Å². The van der Waals surface area contributed by atoms with Crippen molar-refractivity contribution in [2.75, 3.05) is 18.5 Å². The molecule has 3 nitrogen and oxygen atoms in total. The minimum absolute atomic E-state index is 0.102. The quantitative estimate of drug-likeness (QED) is 0.909. The van der Waals surface area contributed by atoms with Crippen LogP contribution in [-0.2, 0) is 0 Å². The first kappa shape index (κ1) is 11.4. The fourth-order valence-corrected chi connectivity index (χ4v) is 2.09. The van der Waals surface area contributed by atoms with Crippen molar-refractivity contribution in [3.8, 4) is 0 Å². The van der Waals surface area contributed by atoms with E-state index in [0.29, 0.717) is 6.54 Å². The Morgan fingerprint density at radius 1 is 1.38 bits per heavy atom. The van der Waals surface area contributed by atoms with E-state index in [4.69, 9.17) is 5.11 Å². The number of pyridine rings is 1. The summed E-state index contributed by atoms with van der Waals surface area (Å²) in [4.78, 5) is 4.32. The van der Waals surface area contributed by atoms with Crippen LogP contribution in [-0.4, -0.2) is 23.2 Å². The molecule has 0 saturated heterocycles. The molecule has 0 bridgehead atoms. The summed E-state index contributed by atoms with van der Waals surface area (Å²) in [5, 5.41) is 14.1. The second-order valence-electron chi connectivity index (χ2n) is 3.65. The monoisotopic (exact) mass is 280 g/mol. The van der Waals surface area contributed by atoms with Crippen LogP contribution in [0.15, 0.2) is 28.9 Å². The van der Waals surface area contributed by atoms with E-state index in [1.54, 1.807) is 6.20 Å². The smallest absolute Gasteiger partial charge is 0.133 e. The number of aliphatic hydroxyl groups excluding tert-OH is 1. The highest BCUT2D eigenvalue weighted by molar-refractivity contribution is 9.10. The van der Waals surface area contributed by atoms with E-state index in [-0.39, 0.29) is 6.61 Å². The lowest BCUT2D eigenvalue weighted by molar-refractivity contribution is 0.311. The Morgan fingerprint density at radius 3 is 2.94 bits per heavy atom. The number of rotatable bonds is 3. The first-order chi connectivity index (χ1) is 7.72. The summed E-state index contributed by atoms with van der Waals surface area (Å²) in [5.74, 6) is 0.816. The number of aromatic nitrogens is 1. The zero-order chi connectivity index (χ0) is 11.5. The molecule has 2 rings (SSSR count). The predicted octanol–water partition coefficient (Wildman–Crippen LogP) is 2.71. The van der Waals surface area contributed by atoms with Gasteiger partial charge in [-0.15, -0.1) is 0 Å². The number of halogens is 1. The van der Waals surface area contributed by atoms with Crippen molar-refractivity contribution < 1.29 is 5.11 Å². The highest BCUT2D eigenvalue weighted by atomic mass is 79.9. The summed E-state index contributed by atoms with van der Waals surface area (Å²) in [6, 6.07) is 6.23. The van der Waals surface area contributed by atoms with Gasteiger partial charge in [-0.2, -0.15) is 0 Å². The van der Waals surface area contributed by atoms with Crippen LogP contribution < -0.4 is 5.32 Å². The van der Waals surface area contributed by atoms with Gasteiger partial charge in [-0.1, -0.05) is 17.7 Å². The topological polar surface area (TPSA) is 45.2 Å². The van der Waals surface area contributed by atoms with Crippen molar-refractivity contribution in [3.05, 3.63) is 34.4 Å². The first-order valence-corrected chi connectivity index (χ1v) is 5.91. The number of hydrogen-bond donors (Lipinski definition) is 2. The first-order valence-electron chi connectivity index (χ1n) is 5.12. The fraction of sp³-hybridized carbons (Fsp3) is 0.250. The van der Waals surface area contributed by atoms with E-state index in [0.717, 1.165) is 21.1 Å². The molecule has 0 radical (unpaired) electrons. The molecular formula is C12H13BrN2O. The van der Waals surface area contributed by atoms with Crippen molar-refractivity contribution in [2.24, 2.45) is 0 Å². The van der Waals surface area contributed by atoms with Crippen LogP contribution in [0.3, 0.4) is 0 Å². The largest absolute Gasteiger partial charge is 0.395 e. The van der Waals surface area contributed by atoms with Gasteiger partial charge in [0, 0.05) is 28.0 Å². The normalized spacial score (nSPS) is 10.7. The van der Waals surface area contributed by atoms with Gasteiger partial charge in [-0.3, -0.25) is 0 Å². The molecule has 1 aromatic heterocycles. The van der Waals surface area contributed by atoms with Gasteiger partial charge >= 0.3 is 0 Å². The third-order valence-electron chi connectivity index (χ3n) is 2.40. The SMILES string of the molecule is Cc1ccc2c(Br)cnc(NCCO)c2c1. The third kappa shape index (κ3) is 2.18. The van der Waals surface area contributed by atoms with Crippen molar-refractivity contribution in [2.45, 2.75) is 6.92 Å². The standard InChI is InChI=1S/C12H13BrN2O/c1-8-2-3-9-10(6-8)12(14-4-5-16)15-7-11(9)13/h2-3,6-7,16H,4-5H2,1H3,(H,14,15). The average molecular weight is 281 g/mol. The van der Waals surface area contributed by atoms with Crippen LogP contribution in [0, 0.1) is 6.92 Å². The molecule has 16 heavy (non-hydrogen) atoms. The van der Waals surface area contributed by atoms with Gasteiger partial charge in [0.05, 0.1) is 6.61 Å². The highest BCUT2D eigenvalue weighted by Crippen LogP contribution is 2.28. The zero-order valence-corrected chi connectivity index (χ0v) is 10.6.